The molecule has 0 aliphatic carbocycles. The zero-order valence-corrected chi connectivity index (χ0v) is 12.5. The summed E-state index contributed by atoms with van der Waals surface area (Å²) < 4.78 is 13.2. The van der Waals surface area contributed by atoms with Crippen LogP contribution >= 0.6 is 0 Å². The minimum absolute atomic E-state index is 0.0324. The lowest BCUT2D eigenvalue weighted by atomic mass is 10.1. The molecule has 1 atom stereocenters. The molecule has 0 fully saturated rings. The first-order valence-electron chi connectivity index (χ1n) is 7.49. The van der Waals surface area contributed by atoms with Crippen LogP contribution in [0.5, 0.6) is 0 Å². The van der Waals surface area contributed by atoms with E-state index in [0.29, 0.717) is 18.7 Å². The van der Waals surface area contributed by atoms with E-state index in [-0.39, 0.29) is 12.4 Å². The van der Waals surface area contributed by atoms with Gasteiger partial charge >= 0.3 is 0 Å². The summed E-state index contributed by atoms with van der Waals surface area (Å²) in [4.78, 5) is 1.99. The van der Waals surface area contributed by atoms with Crippen molar-refractivity contribution < 1.29 is 14.6 Å². The Balaban J connectivity index is 1.93. The lowest BCUT2D eigenvalue weighted by Crippen LogP contribution is -2.33. The average Bonchev–Trinajstić information content (AvgIpc) is 2.54. The van der Waals surface area contributed by atoms with Gasteiger partial charge in [-0.15, -0.1) is 0 Å². The van der Waals surface area contributed by atoms with Crippen molar-refractivity contribution in [3.8, 4) is 0 Å². The van der Waals surface area contributed by atoms with Gasteiger partial charge in [-0.1, -0.05) is 42.5 Å². The maximum Gasteiger partial charge on any atom is 0.123 e. The molecule has 2 aromatic carbocycles. The summed E-state index contributed by atoms with van der Waals surface area (Å²) in [6, 6.07) is 16.1. The highest BCUT2D eigenvalue weighted by molar-refractivity contribution is 5.19. The molecule has 1 unspecified atom stereocenters. The molecule has 2 rings (SSSR count). The summed E-state index contributed by atoms with van der Waals surface area (Å²) >= 11 is 0. The smallest absolute Gasteiger partial charge is 0.123 e. The molecule has 4 heteroatoms. The van der Waals surface area contributed by atoms with Crippen molar-refractivity contribution in [2.45, 2.75) is 12.5 Å². The summed E-state index contributed by atoms with van der Waals surface area (Å²) in [6.07, 6.45) is 0.0782. The SMILES string of the molecule is OCCN(CCc1ccccc1)CC(O)c1cccc(F)c1. The summed E-state index contributed by atoms with van der Waals surface area (Å²) in [7, 11) is 0. The second-order valence-electron chi connectivity index (χ2n) is 5.33. The number of rotatable bonds is 8. The van der Waals surface area contributed by atoms with Gasteiger partial charge in [-0.3, -0.25) is 4.90 Å². The molecule has 0 aromatic heterocycles. The highest BCUT2D eigenvalue weighted by atomic mass is 19.1. The van der Waals surface area contributed by atoms with E-state index in [0.717, 1.165) is 13.0 Å². The zero-order chi connectivity index (χ0) is 15.8. The second-order valence-corrected chi connectivity index (χ2v) is 5.33. The Bertz CT molecular complexity index is 562. The number of hydrogen-bond donors (Lipinski definition) is 2. The quantitative estimate of drug-likeness (QED) is 0.787. The molecule has 0 heterocycles. The van der Waals surface area contributed by atoms with Crippen LogP contribution in [0.25, 0.3) is 0 Å². The van der Waals surface area contributed by atoms with Crippen LogP contribution in [-0.4, -0.2) is 41.4 Å². The largest absolute Gasteiger partial charge is 0.395 e. The first-order valence-corrected chi connectivity index (χ1v) is 7.49. The Hall–Kier alpha value is -1.75. The van der Waals surface area contributed by atoms with Crippen molar-refractivity contribution in [2.24, 2.45) is 0 Å². The Morgan fingerprint density at radius 2 is 1.77 bits per heavy atom. The third-order valence-electron chi connectivity index (χ3n) is 3.64. The monoisotopic (exact) mass is 303 g/mol. The first-order chi connectivity index (χ1) is 10.7. The molecule has 2 aromatic rings. The van der Waals surface area contributed by atoms with Gasteiger partial charge in [0, 0.05) is 19.6 Å². The first kappa shape index (κ1) is 16.6. The van der Waals surface area contributed by atoms with E-state index in [9.17, 15) is 14.6 Å². The fourth-order valence-electron chi connectivity index (χ4n) is 2.43. The third-order valence-corrected chi connectivity index (χ3v) is 3.64. The number of aliphatic hydroxyl groups excluding tert-OH is 2. The van der Waals surface area contributed by atoms with Gasteiger partial charge in [0.05, 0.1) is 12.7 Å². The summed E-state index contributed by atoms with van der Waals surface area (Å²) in [5.74, 6) is -0.352. The number of halogens is 1. The number of hydrogen-bond acceptors (Lipinski definition) is 3. The maximum absolute atomic E-state index is 13.2. The van der Waals surface area contributed by atoms with Crippen LogP contribution in [0, 0.1) is 5.82 Å². The Kier molecular flexibility index (Phi) is 6.52. The molecule has 118 valence electrons. The van der Waals surface area contributed by atoms with Crippen LogP contribution in [-0.2, 0) is 6.42 Å². The van der Waals surface area contributed by atoms with E-state index < -0.39 is 6.10 Å². The molecule has 2 N–H and O–H groups in total. The summed E-state index contributed by atoms with van der Waals surface area (Å²) in [5.41, 5.74) is 1.77. The molecular formula is C18H22FNO2. The van der Waals surface area contributed by atoms with E-state index in [2.05, 4.69) is 12.1 Å². The predicted molar refractivity (Wildman–Crippen MR) is 85.0 cm³/mol. The molecule has 0 aliphatic rings. The van der Waals surface area contributed by atoms with Gasteiger partial charge in [0.15, 0.2) is 0 Å². The minimum atomic E-state index is -0.766. The van der Waals surface area contributed by atoms with E-state index >= 15 is 0 Å². The van der Waals surface area contributed by atoms with Crippen LogP contribution in [0.2, 0.25) is 0 Å². The van der Waals surface area contributed by atoms with E-state index in [4.69, 9.17) is 0 Å². The maximum atomic E-state index is 13.2. The molecule has 0 spiro atoms. The van der Waals surface area contributed by atoms with Crippen molar-refractivity contribution in [1.82, 2.24) is 4.90 Å². The molecule has 0 saturated carbocycles. The fraction of sp³-hybridized carbons (Fsp3) is 0.333. The van der Waals surface area contributed by atoms with E-state index in [1.165, 1.54) is 17.7 Å². The normalized spacial score (nSPS) is 12.5. The molecule has 0 saturated heterocycles. The zero-order valence-electron chi connectivity index (χ0n) is 12.5. The van der Waals surface area contributed by atoms with Crippen molar-refractivity contribution in [3.63, 3.8) is 0 Å². The van der Waals surface area contributed by atoms with Gasteiger partial charge in [-0.05, 0) is 29.7 Å². The van der Waals surface area contributed by atoms with Crippen molar-refractivity contribution in [3.05, 3.63) is 71.5 Å². The average molecular weight is 303 g/mol. The summed E-state index contributed by atoms with van der Waals surface area (Å²) in [6.45, 7) is 1.62. The Morgan fingerprint density at radius 3 is 2.45 bits per heavy atom. The Labute approximate surface area is 130 Å². The third kappa shape index (κ3) is 5.22. The number of benzene rings is 2. The lowest BCUT2D eigenvalue weighted by Gasteiger charge is -2.24. The summed E-state index contributed by atoms with van der Waals surface area (Å²) in [5, 5.41) is 19.4. The van der Waals surface area contributed by atoms with Gasteiger partial charge < -0.3 is 10.2 Å². The van der Waals surface area contributed by atoms with Crippen LogP contribution in [0.4, 0.5) is 4.39 Å². The minimum Gasteiger partial charge on any atom is -0.395 e. The van der Waals surface area contributed by atoms with Gasteiger partial charge in [0.25, 0.3) is 0 Å². The molecule has 22 heavy (non-hydrogen) atoms. The van der Waals surface area contributed by atoms with Gasteiger partial charge in [0.2, 0.25) is 0 Å². The van der Waals surface area contributed by atoms with E-state index in [1.54, 1.807) is 12.1 Å². The second kappa shape index (κ2) is 8.63. The molecule has 0 amide bonds. The van der Waals surface area contributed by atoms with Gasteiger partial charge in [-0.2, -0.15) is 0 Å². The molecular weight excluding hydrogens is 281 g/mol. The standard InChI is InChI=1S/C18H22FNO2/c19-17-8-4-7-16(13-17)18(22)14-20(11-12-21)10-9-15-5-2-1-3-6-15/h1-8,13,18,21-22H,9-12,14H2. The van der Waals surface area contributed by atoms with Crippen molar-refractivity contribution in [2.75, 3.05) is 26.2 Å². The lowest BCUT2D eigenvalue weighted by molar-refractivity contribution is 0.100. The fourth-order valence-corrected chi connectivity index (χ4v) is 2.43. The van der Waals surface area contributed by atoms with Crippen LogP contribution in [0.1, 0.15) is 17.2 Å². The predicted octanol–water partition coefficient (Wildman–Crippen LogP) is 2.40. The highest BCUT2D eigenvalue weighted by Gasteiger charge is 2.14. The molecule has 0 radical (unpaired) electrons. The molecule has 0 aliphatic heterocycles. The van der Waals surface area contributed by atoms with Crippen molar-refractivity contribution >= 4 is 0 Å². The van der Waals surface area contributed by atoms with E-state index in [1.807, 2.05) is 23.1 Å². The van der Waals surface area contributed by atoms with Gasteiger partial charge in [0.1, 0.15) is 5.82 Å². The highest BCUT2D eigenvalue weighted by Crippen LogP contribution is 2.15. The number of nitrogens with zero attached hydrogens (tertiary/aromatic N) is 1. The molecule has 3 nitrogen and oxygen atoms in total. The Morgan fingerprint density at radius 1 is 1.00 bits per heavy atom. The van der Waals surface area contributed by atoms with Crippen LogP contribution < -0.4 is 0 Å². The number of aliphatic hydroxyl groups is 2. The van der Waals surface area contributed by atoms with Gasteiger partial charge in [-0.25, -0.2) is 4.39 Å². The van der Waals surface area contributed by atoms with Crippen molar-refractivity contribution in [1.29, 1.82) is 0 Å². The van der Waals surface area contributed by atoms with Crippen LogP contribution in [0.3, 0.4) is 0 Å². The van der Waals surface area contributed by atoms with Crippen LogP contribution in [0.15, 0.2) is 54.6 Å². The topological polar surface area (TPSA) is 43.7 Å². The molecule has 0 bridgehead atoms.